The topological polar surface area (TPSA) is 72.5 Å². The predicted octanol–water partition coefficient (Wildman–Crippen LogP) is 1.16. The molecule has 0 spiro atoms. The molecular formula is C12H17NO3S. The molecule has 2 atom stereocenters. The van der Waals surface area contributed by atoms with Gasteiger partial charge in [0.1, 0.15) is 6.04 Å². The van der Waals surface area contributed by atoms with Gasteiger partial charge in [-0.05, 0) is 30.9 Å². The van der Waals surface area contributed by atoms with E-state index in [-0.39, 0.29) is 6.10 Å². The second-order valence-electron chi connectivity index (χ2n) is 4.33. The average molecular weight is 255 g/mol. The van der Waals surface area contributed by atoms with E-state index in [1.165, 1.54) is 12.0 Å². The van der Waals surface area contributed by atoms with Crippen LogP contribution in [0.4, 0.5) is 0 Å². The third-order valence-corrected chi connectivity index (χ3v) is 4.29. The third kappa shape index (κ3) is 2.68. The Morgan fingerprint density at radius 2 is 2.53 bits per heavy atom. The number of aliphatic hydroxyl groups excluding tert-OH is 1. The molecule has 1 aliphatic carbocycles. The average Bonchev–Trinajstić information content (AvgIpc) is 2.72. The molecule has 5 heteroatoms. The minimum atomic E-state index is -0.614. The maximum atomic E-state index is 11.2. The molecule has 0 aliphatic heterocycles. The largest absolute Gasteiger partial charge is 0.468 e. The van der Waals surface area contributed by atoms with E-state index in [0.29, 0.717) is 6.42 Å². The van der Waals surface area contributed by atoms with Crippen LogP contribution in [-0.2, 0) is 22.4 Å². The van der Waals surface area contributed by atoms with Crippen LogP contribution in [0.25, 0.3) is 0 Å². The van der Waals surface area contributed by atoms with Crippen molar-refractivity contribution in [3.05, 3.63) is 21.4 Å². The van der Waals surface area contributed by atoms with Gasteiger partial charge in [0.2, 0.25) is 0 Å². The lowest BCUT2D eigenvalue weighted by Crippen LogP contribution is -2.33. The van der Waals surface area contributed by atoms with Gasteiger partial charge in [-0.25, -0.2) is 0 Å². The van der Waals surface area contributed by atoms with Gasteiger partial charge in [-0.1, -0.05) is 0 Å². The van der Waals surface area contributed by atoms with Crippen molar-refractivity contribution in [1.82, 2.24) is 0 Å². The van der Waals surface area contributed by atoms with Crippen molar-refractivity contribution in [3.63, 3.8) is 0 Å². The molecule has 94 valence electrons. The minimum Gasteiger partial charge on any atom is -0.468 e. The zero-order chi connectivity index (χ0) is 12.4. The molecule has 1 aromatic rings. The molecule has 0 fully saturated rings. The van der Waals surface area contributed by atoms with Crippen molar-refractivity contribution < 1.29 is 14.6 Å². The van der Waals surface area contributed by atoms with E-state index in [4.69, 9.17) is 5.73 Å². The number of hydrogen-bond acceptors (Lipinski definition) is 5. The van der Waals surface area contributed by atoms with Crippen LogP contribution in [0.5, 0.6) is 0 Å². The summed E-state index contributed by atoms with van der Waals surface area (Å²) in [5, 5.41) is 9.85. The molecule has 0 aromatic carbocycles. The van der Waals surface area contributed by atoms with Gasteiger partial charge in [-0.2, -0.15) is 0 Å². The molecule has 0 saturated heterocycles. The van der Waals surface area contributed by atoms with Crippen LogP contribution in [0, 0.1) is 0 Å². The number of hydrogen-bond donors (Lipinski definition) is 2. The number of fused-ring (bicyclic) bond motifs is 1. The first-order valence-corrected chi connectivity index (χ1v) is 6.56. The number of carbonyl (C=O) groups is 1. The van der Waals surface area contributed by atoms with Crippen LogP contribution in [0.2, 0.25) is 0 Å². The van der Waals surface area contributed by atoms with Crippen molar-refractivity contribution in [3.8, 4) is 0 Å². The monoisotopic (exact) mass is 255 g/mol. The van der Waals surface area contributed by atoms with Crippen molar-refractivity contribution >= 4 is 17.3 Å². The first-order chi connectivity index (χ1) is 8.11. The zero-order valence-corrected chi connectivity index (χ0v) is 10.6. The molecule has 3 N–H and O–H groups in total. The Hall–Kier alpha value is -0.910. The molecular weight excluding hydrogens is 238 g/mol. The van der Waals surface area contributed by atoms with Crippen LogP contribution < -0.4 is 5.73 Å². The summed E-state index contributed by atoms with van der Waals surface area (Å²) < 4.78 is 4.60. The first-order valence-electron chi connectivity index (χ1n) is 5.74. The van der Waals surface area contributed by atoms with Crippen molar-refractivity contribution in [2.24, 2.45) is 5.73 Å². The maximum absolute atomic E-state index is 11.2. The molecule has 0 amide bonds. The van der Waals surface area contributed by atoms with Gasteiger partial charge in [0.25, 0.3) is 0 Å². The molecule has 1 heterocycles. The number of thiophene rings is 1. The summed E-state index contributed by atoms with van der Waals surface area (Å²) in [5.74, 6) is -0.392. The highest BCUT2D eigenvalue weighted by Crippen LogP contribution is 2.35. The summed E-state index contributed by atoms with van der Waals surface area (Å²) in [6.07, 6.45) is 3.00. The van der Waals surface area contributed by atoms with Crippen LogP contribution in [-0.4, -0.2) is 24.2 Å². The number of esters is 1. The number of nitrogens with two attached hydrogens (primary N) is 1. The number of rotatable bonds is 3. The fourth-order valence-corrected chi connectivity index (χ4v) is 3.47. The van der Waals surface area contributed by atoms with Gasteiger partial charge in [-0.15, -0.1) is 11.3 Å². The highest BCUT2D eigenvalue weighted by molar-refractivity contribution is 7.12. The van der Waals surface area contributed by atoms with E-state index in [0.717, 1.165) is 29.7 Å². The van der Waals surface area contributed by atoms with Crippen molar-refractivity contribution in [1.29, 1.82) is 0 Å². The van der Waals surface area contributed by atoms with Crippen molar-refractivity contribution in [2.45, 2.75) is 37.8 Å². The summed E-state index contributed by atoms with van der Waals surface area (Å²) in [4.78, 5) is 13.5. The highest BCUT2D eigenvalue weighted by atomic mass is 32.1. The predicted molar refractivity (Wildman–Crippen MR) is 65.9 cm³/mol. The summed E-state index contributed by atoms with van der Waals surface area (Å²) in [5.41, 5.74) is 6.74. The van der Waals surface area contributed by atoms with Gasteiger partial charge >= 0.3 is 5.97 Å². The summed E-state index contributed by atoms with van der Waals surface area (Å²) >= 11 is 1.65. The van der Waals surface area contributed by atoms with Gasteiger partial charge in [0.15, 0.2) is 0 Å². The third-order valence-electron chi connectivity index (χ3n) is 3.06. The lowest BCUT2D eigenvalue weighted by atomic mass is 9.96. The van der Waals surface area contributed by atoms with Crippen LogP contribution in [0.1, 0.15) is 34.3 Å². The van der Waals surface area contributed by atoms with Gasteiger partial charge in [0, 0.05) is 16.2 Å². The SMILES string of the molecule is COC(=O)C(N)Cc1cc2c(s1)CCCC2O. The van der Waals surface area contributed by atoms with Crippen molar-refractivity contribution in [2.75, 3.05) is 7.11 Å². The Labute approximate surface area is 104 Å². The fraction of sp³-hybridized carbons (Fsp3) is 0.583. The Balaban J connectivity index is 2.10. The second-order valence-corrected chi connectivity index (χ2v) is 5.55. The van der Waals surface area contributed by atoms with Gasteiger partial charge in [0.05, 0.1) is 13.2 Å². The second kappa shape index (κ2) is 5.16. The number of aliphatic hydroxyl groups is 1. The quantitative estimate of drug-likeness (QED) is 0.795. The summed E-state index contributed by atoms with van der Waals surface area (Å²) in [6.45, 7) is 0. The maximum Gasteiger partial charge on any atom is 0.323 e. The number of ether oxygens (including phenoxy) is 1. The lowest BCUT2D eigenvalue weighted by Gasteiger charge is -2.16. The van der Waals surface area contributed by atoms with E-state index >= 15 is 0 Å². The zero-order valence-electron chi connectivity index (χ0n) is 9.81. The van der Waals surface area contributed by atoms with E-state index in [1.54, 1.807) is 11.3 Å². The molecule has 2 unspecified atom stereocenters. The van der Waals surface area contributed by atoms with E-state index in [2.05, 4.69) is 4.74 Å². The molecule has 2 rings (SSSR count). The standard InChI is InChI=1S/C12H17NO3S/c1-16-12(15)9(13)6-7-5-8-10(14)3-2-4-11(8)17-7/h5,9-10,14H,2-4,6,13H2,1H3. The Morgan fingerprint density at radius 3 is 3.18 bits per heavy atom. The highest BCUT2D eigenvalue weighted by Gasteiger charge is 2.23. The Kier molecular flexibility index (Phi) is 3.81. The molecule has 0 radical (unpaired) electrons. The normalized spacial score (nSPS) is 20.8. The first kappa shape index (κ1) is 12.5. The Bertz CT molecular complexity index is 416. The van der Waals surface area contributed by atoms with Crippen LogP contribution in [0.3, 0.4) is 0 Å². The fourth-order valence-electron chi connectivity index (χ4n) is 2.14. The molecule has 1 aromatic heterocycles. The minimum absolute atomic E-state index is 0.349. The Morgan fingerprint density at radius 1 is 1.76 bits per heavy atom. The van der Waals surface area contributed by atoms with E-state index in [9.17, 15) is 9.90 Å². The molecule has 0 saturated carbocycles. The molecule has 4 nitrogen and oxygen atoms in total. The number of aryl methyl sites for hydroxylation is 1. The van der Waals surface area contributed by atoms with Gasteiger partial charge in [-0.3, -0.25) is 4.79 Å². The van der Waals surface area contributed by atoms with Crippen LogP contribution in [0.15, 0.2) is 6.07 Å². The number of methoxy groups -OCH3 is 1. The summed E-state index contributed by atoms with van der Waals surface area (Å²) in [7, 11) is 1.34. The van der Waals surface area contributed by atoms with Crippen LogP contribution >= 0.6 is 11.3 Å². The van der Waals surface area contributed by atoms with E-state index in [1.807, 2.05) is 6.07 Å². The molecule has 17 heavy (non-hydrogen) atoms. The summed E-state index contributed by atoms with van der Waals surface area (Å²) in [6, 6.07) is 1.37. The lowest BCUT2D eigenvalue weighted by molar-refractivity contribution is -0.142. The smallest absolute Gasteiger partial charge is 0.323 e. The molecule has 0 bridgehead atoms. The van der Waals surface area contributed by atoms with Gasteiger partial charge < -0.3 is 15.6 Å². The van der Waals surface area contributed by atoms with E-state index < -0.39 is 12.0 Å². The molecule has 1 aliphatic rings. The number of carbonyl (C=O) groups excluding carboxylic acids is 1.